The average molecular weight is 312 g/mol. The maximum absolute atomic E-state index is 12.7. The van der Waals surface area contributed by atoms with E-state index in [1.807, 2.05) is 11.0 Å². The summed E-state index contributed by atoms with van der Waals surface area (Å²) in [5.41, 5.74) is 1.03. The Bertz CT molecular complexity index is 686. The van der Waals surface area contributed by atoms with Crippen LogP contribution in [0, 0.1) is 5.92 Å². The molecule has 5 nitrogen and oxygen atoms in total. The zero-order valence-electron chi connectivity index (χ0n) is 13.1. The number of nitrogens with zero attached hydrogens (tertiary/aromatic N) is 1. The zero-order valence-corrected chi connectivity index (χ0v) is 13.1. The first-order valence-corrected chi connectivity index (χ1v) is 7.88. The molecule has 0 atom stereocenters. The maximum atomic E-state index is 12.7. The van der Waals surface area contributed by atoms with Crippen LogP contribution in [-0.4, -0.2) is 29.8 Å². The van der Waals surface area contributed by atoms with E-state index in [4.69, 9.17) is 4.42 Å². The Morgan fingerprint density at radius 3 is 2.57 bits per heavy atom. The van der Waals surface area contributed by atoms with Gasteiger partial charge in [-0.3, -0.25) is 9.59 Å². The van der Waals surface area contributed by atoms with Crippen molar-refractivity contribution in [3.8, 4) is 0 Å². The van der Waals surface area contributed by atoms with Gasteiger partial charge in [0.1, 0.15) is 0 Å². The first-order chi connectivity index (χ1) is 11.1. The lowest BCUT2D eigenvalue weighted by Gasteiger charge is -2.30. The number of rotatable bonds is 3. The number of carbonyl (C=O) groups excluding carboxylic acids is 2. The highest BCUT2D eigenvalue weighted by Gasteiger charge is 2.23. The average Bonchev–Trinajstić information content (AvgIpc) is 3.10. The zero-order chi connectivity index (χ0) is 16.2. The molecule has 2 aromatic rings. The fourth-order valence-corrected chi connectivity index (χ4v) is 2.75. The van der Waals surface area contributed by atoms with Crippen molar-refractivity contribution in [2.24, 2.45) is 5.92 Å². The van der Waals surface area contributed by atoms with E-state index in [-0.39, 0.29) is 17.6 Å². The van der Waals surface area contributed by atoms with Crippen LogP contribution in [-0.2, 0) is 0 Å². The maximum Gasteiger partial charge on any atom is 0.291 e. The van der Waals surface area contributed by atoms with Gasteiger partial charge in [-0.15, -0.1) is 0 Å². The summed E-state index contributed by atoms with van der Waals surface area (Å²) >= 11 is 0. The van der Waals surface area contributed by atoms with Gasteiger partial charge in [0.05, 0.1) is 17.5 Å². The molecule has 120 valence electrons. The van der Waals surface area contributed by atoms with Crippen LogP contribution in [0.5, 0.6) is 0 Å². The summed E-state index contributed by atoms with van der Waals surface area (Å²) in [7, 11) is 0. The number of likely N-dealkylation sites (tertiary alicyclic amines) is 1. The number of benzene rings is 1. The molecule has 5 heteroatoms. The van der Waals surface area contributed by atoms with E-state index in [1.165, 1.54) is 6.26 Å². The van der Waals surface area contributed by atoms with Crippen LogP contribution < -0.4 is 5.32 Å². The van der Waals surface area contributed by atoms with Gasteiger partial charge >= 0.3 is 0 Å². The number of hydrogen-bond acceptors (Lipinski definition) is 3. The molecule has 0 unspecified atom stereocenters. The topological polar surface area (TPSA) is 62.6 Å². The molecule has 1 aromatic carbocycles. The van der Waals surface area contributed by atoms with E-state index in [1.54, 1.807) is 30.3 Å². The third-order valence-corrected chi connectivity index (χ3v) is 4.22. The SMILES string of the molecule is CC1CCN(C(=O)c2ccccc2NC(=O)c2ccco2)CC1. The Morgan fingerprint density at radius 1 is 1.13 bits per heavy atom. The highest BCUT2D eigenvalue weighted by atomic mass is 16.3. The van der Waals surface area contributed by atoms with Gasteiger partial charge in [-0.1, -0.05) is 19.1 Å². The van der Waals surface area contributed by atoms with Crippen molar-refractivity contribution in [1.29, 1.82) is 0 Å². The molecule has 0 radical (unpaired) electrons. The Kier molecular flexibility index (Phi) is 4.46. The van der Waals surface area contributed by atoms with E-state index in [0.29, 0.717) is 17.2 Å². The standard InChI is InChI=1S/C18H20N2O3/c1-13-8-10-20(11-9-13)18(22)14-5-2-3-6-15(14)19-17(21)16-7-4-12-23-16/h2-7,12-13H,8-11H2,1H3,(H,19,21). The Balaban J connectivity index is 1.77. The predicted octanol–water partition coefficient (Wildman–Crippen LogP) is 3.40. The first kappa shape index (κ1) is 15.3. The lowest BCUT2D eigenvalue weighted by molar-refractivity contribution is 0.0698. The number of carbonyl (C=O) groups is 2. The molecule has 2 heterocycles. The fraction of sp³-hybridized carbons (Fsp3) is 0.333. The van der Waals surface area contributed by atoms with E-state index in [2.05, 4.69) is 12.2 Å². The van der Waals surface area contributed by atoms with Crippen LogP contribution >= 0.6 is 0 Å². The van der Waals surface area contributed by atoms with Crippen molar-refractivity contribution >= 4 is 17.5 Å². The number of anilines is 1. The van der Waals surface area contributed by atoms with Gasteiger partial charge in [0, 0.05) is 13.1 Å². The van der Waals surface area contributed by atoms with E-state index >= 15 is 0 Å². The minimum atomic E-state index is -0.359. The van der Waals surface area contributed by atoms with Crippen LogP contribution in [0.4, 0.5) is 5.69 Å². The van der Waals surface area contributed by atoms with Gasteiger partial charge < -0.3 is 14.6 Å². The van der Waals surface area contributed by atoms with Crippen molar-refractivity contribution in [1.82, 2.24) is 4.90 Å². The first-order valence-electron chi connectivity index (χ1n) is 7.88. The quantitative estimate of drug-likeness (QED) is 0.944. The van der Waals surface area contributed by atoms with Crippen LogP contribution in [0.15, 0.2) is 47.1 Å². The minimum Gasteiger partial charge on any atom is -0.459 e. The van der Waals surface area contributed by atoms with Crippen molar-refractivity contribution < 1.29 is 14.0 Å². The number of hydrogen-bond donors (Lipinski definition) is 1. The van der Waals surface area contributed by atoms with Crippen LogP contribution in [0.2, 0.25) is 0 Å². The van der Waals surface area contributed by atoms with E-state index < -0.39 is 0 Å². The molecule has 23 heavy (non-hydrogen) atoms. The Morgan fingerprint density at radius 2 is 1.87 bits per heavy atom. The molecule has 0 spiro atoms. The van der Waals surface area contributed by atoms with Crippen LogP contribution in [0.25, 0.3) is 0 Å². The number of amides is 2. The Labute approximate surface area is 135 Å². The summed E-state index contributed by atoms with van der Waals surface area (Å²) in [6.45, 7) is 3.74. The lowest BCUT2D eigenvalue weighted by Crippen LogP contribution is -2.38. The van der Waals surface area contributed by atoms with Crippen LogP contribution in [0.3, 0.4) is 0 Å². The van der Waals surface area contributed by atoms with Gasteiger partial charge in [-0.05, 0) is 43.0 Å². The molecular weight excluding hydrogens is 292 g/mol. The molecule has 1 N–H and O–H groups in total. The van der Waals surface area contributed by atoms with Crippen molar-refractivity contribution in [2.75, 3.05) is 18.4 Å². The molecule has 1 aliphatic heterocycles. The van der Waals surface area contributed by atoms with Crippen molar-refractivity contribution in [2.45, 2.75) is 19.8 Å². The number of para-hydroxylation sites is 1. The summed E-state index contributed by atoms with van der Waals surface area (Å²) < 4.78 is 5.09. The predicted molar refractivity (Wildman–Crippen MR) is 87.4 cm³/mol. The van der Waals surface area contributed by atoms with Gasteiger partial charge in [0.15, 0.2) is 5.76 Å². The summed E-state index contributed by atoms with van der Waals surface area (Å²) in [6, 6.07) is 10.3. The molecule has 1 fully saturated rings. The molecule has 1 aliphatic rings. The smallest absolute Gasteiger partial charge is 0.291 e. The highest BCUT2D eigenvalue weighted by molar-refractivity contribution is 6.07. The van der Waals surface area contributed by atoms with E-state index in [0.717, 1.165) is 25.9 Å². The lowest BCUT2D eigenvalue weighted by atomic mass is 9.98. The number of nitrogens with one attached hydrogen (secondary N) is 1. The second-order valence-corrected chi connectivity index (χ2v) is 5.95. The fourth-order valence-electron chi connectivity index (χ4n) is 2.75. The number of furan rings is 1. The second kappa shape index (κ2) is 6.69. The molecule has 1 aromatic heterocycles. The third-order valence-electron chi connectivity index (χ3n) is 4.22. The van der Waals surface area contributed by atoms with Gasteiger partial charge in [0.2, 0.25) is 0 Å². The normalized spacial score (nSPS) is 15.4. The molecule has 3 rings (SSSR count). The van der Waals surface area contributed by atoms with E-state index in [9.17, 15) is 9.59 Å². The summed E-state index contributed by atoms with van der Waals surface area (Å²) in [6.07, 6.45) is 3.49. The monoisotopic (exact) mass is 312 g/mol. The largest absolute Gasteiger partial charge is 0.459 e. The Hall–Kier alpha value is -2.56. The minimum absolute atomic E-state index is 0.0350. The summed E-state index contributed by atoms with van der Waals surface area (Å²) in [5.74, 6) is 0.488. The van der Waals surface area contributed by atoms with Crippen molar-refractivity contribution in [3.63, 3.8) is 0 Å². The third kappa shape index (κ3) is 3.44. The molecule has 2 amide bonds. The molecule has 0 bridgehead atoms. The molecule has 0 aliphatic carbocycles. The van der Waals surface area contributed by atoms with Crippen LogP contribution in [0.1, 0.15) is 40.7 Å². The van der Waals surface area contributed by atoms with Gasteiger partial charge in [-0.2, -0.15) is 0 Å². The summed E-state index contributed by atoms with van der Waals surface area (Å²) in [5, 5.41) is 2.76. The summed E-state index contributed by atoms with van der Waals surface area (Å²) in [4.78, 5) is 26.7. The van der Waals surface area contributed by atoms with Crippen molar-refractivity contribution in [3.05, 3.63) is 54.0 Å². The molecule has 1 saturated heterocycles. The van der Waals surface area contributed by atoms with Gasteiger partial charge in [0.25, 0.3) is 11.8 Å². The molecule has 0 saturated carbocycles. The second-order valence-electron chi connectivity index (χ2n) is 5.95. The highest BCUT2D eigenvalue weighted by Crippen LogP contribution is 2.22. The number of piperidine rings is 1. The van der Waals surface area contributed by atoms with Gasteiger partial charge in [-0.25, -0.2) is 0 Å². The molecular formula is C18H20N2O3.